The van der Waals surface area contributed by atoms with Gasteiger partial charge in [-0.15, -0.1) is 0 Å². The van der Waals surface area contributed by atoms with Crippen LogP contribution in [0.2, 0.25) is 0 Å². The highest BCUT2D eigenvalue weighted by atomic mass is 16.5. The van der Waals surface area contributed by atoms with Crippen LogP contribution >= 0.6 is 0 Å². The minimum Gasteiger partial charge on any atom is -0.468 e. The fourth-order valence-electron chi connectivity index (χ4n) is 2.53. The zero-order chi connectivity index (χ0) is 18.3. The molecule has 3 atom stereocenters. The number of hydrogen-bond donors (Lipinski definition) is 1. The van der Waals surface area contributed by atoms with E-state index in [-0.39, 0.29) is 0 Å². The van der Waals surface area contributed by atoms with Gasteiger partial charge >= 0.3 is 17.9 Å². The van der Waals surface area contributed by atoms with Crippen LogP contribution in [0, 0.1) is 11.8 Å². The first-order valence-electron chi connectivity index (χ1n) is 7.52. The lowest BCUT2D eigenvalue weighted by atomic mass is 9.87. The maximum Gasteiger partial charge on any atom is 0.328 e. The maximum atomic E-state index is 12.2. The maximum absolute atomic E-state index is 12.2. The van der Waals surface area contributed by atoms with Crippen LogP contribution in [-0.4, -0.2) is 63.9 Å². The van der Waals surface area contributed by atoms with Crippen LogP contribution in [0.5, 0.6) is 0 Å². The first-order chi connectivity index (χ1) is 11.4. The minimum atomic E-state index is -1.38. The molecule has 1 aliphatic heterocycles. The van der Waals surface area contributed by atoms with Gasteiger partial charge in [-0.2, -0.15) is 0 Å². The number of nitrogens with one attached hydrogen (secondary N) is 1. The molecule has 0 spiro atoms. The number of ether oxygens (including phenoxy) is 4. The second kappa shape index (κ2) is 9.21. The fourth-order valence-corrected chi connectivity index (χ4v) is 2.53. The summed E-state index contributed by atoms with van der Waals surface area (Å²) in [6, 6.07) is -1.23. The van der Waals surface area contributed by atoms with Crippen molar-refractivity contribution in [3.05, 3.63) is 0 Å². The lowest BCUT2D eigenvalue weighted by Gasteiger charge is -2.27. The molecule has 0 radical (unpaired) electrons. The van der Waals surface area contributed by atoms with Gasteiger partial charge in [0.05, 0.1) is 21.3 Å². The van der Waals surface area contributed by atoms with E-state index < -0.39 is 47.8 Å². The molecule has 0 bridgehead atoms. The van der Waals surface area contributed by atoms with Crippen LogP contribution in [0.4, 0.5) is 0 Å². The van der Waals surface area contributed by atoms with Crippen molar-refractivity contribution in [3.8, 4) is 0 Å². The van der Waals surface area contributed by atoms with Crippen LogP contribution in [0.1, 0.15) is 19.8 Å². The fraction of sp³-hybridized carbons (Fsp3) is 0.733. The van der Waals surface area contributed by atoms with E-state index in [4.69, 9.17) is 4.74 Å². The third-order valence-electron chi connectivity index (χ3n) is 3.94. The van der Waals surface area contributed by atoms with Crippen LogP contribution in [0.15, 0.2) is 0 Å². The van der Waals surface area contributed by atoms with Gasteiger partial charge in [0.25, 0.3) is 0 Å². The van der Waals surface area contributed by atoms with E-state index in [1.165, 1.54) is 6.92 Å². The molecule has 1 N–H and O–H groups in total. The topological polar surface area (TPSA) is 117 Å². The minimum absolute atomic E-state index is 0.462. The summed E-state index contributed by atoms with van der Waals surface area (Å²) in [4.78, 5) is 48.1. The average Bonchev–Trinajstić information content (AvgIpc) is 3.12. The van der Waals surface area contributed by atoms with Crippen molar-refractivity contribution in [2.45, 2.75) is 31.9 Å². The summed E-state index contributed by atoms with van der Waals surface area (Å²) in [6.07, 6.45) is 0.605. The summed E-state index contributed by atoms with van der Waals surface area (Å²) in [7, 11) is 3.37. The molecule has 1 heterocycles. The van der Waals surface area contributed by atoms with E-state index in [9.17, 15) is 19.2 Å². The molecule has 0 aromatic rings. The predicted molar refractivity (Wildman–Crippen MR) is 79.6 cm³/mol. The molecule has 0 aromatic carbocycles. The van der Waals surface area contributed by atoms with Gasteiger partial charge in [0.2, 0.25) is 5.91 Å². The molecule has 1 rings (SSSR count). The quantitative estimate of drug-likeness (QED) is 0.370. The molecule has 0 aromatic heterocycles. The van der Waals surface area contributed by atoms with Gasteiger partial charge in [-0.3, -0.25) is 14.4 Å². The SMILES string of the molecule is COC(=O)C(C(=O)OC)[C@H](C)[C@@H](NC(=O)[C@H]1CCCO1)C(=O)OC. The van der Waals surface area contributed by atoms with E-state index in [0.717, 1.165) is 27.8 Å². The van der Waals surface area contributed by atoms with Crippen LogP contribution in [0.25, 0.3) is 0 Å². The molecule has 9 heteroatoms. The molecule has 1 saturated heterocycles. The highest BCUT2D eigenvalue weighted by Gasteiger charge is 2.43. The molecule has 1 amide bonds. The van der Waals surface area contributed by atoms with Gasteiger partial charge in [0.1, 0.15) is 12.1 Å². The summed E-state index contributed by atoms with van der Waals surface area (Å²) in [5, 5.41) is 2.49. The first-order valence-corrected chi connectivity index (χ1v) is 7.52. The van der Waals surface area contributed by atoms with Gasteiger partial charge < -0.3 is 24.3 Å². The second-order valence-electron chi connectivity index (χ2n) is 5.39. The van der Waals surface area contributed by atoms with Crippen LogP contribution in [-0.2, 0) is 38.1 Å². The van der Waals surface area contributed by atoms with E-state index in [1.54, 1.807) is 0 Å². The first kappa shape index (κ1) is 19.9. The molecule has 0 unspecified atom stereocenters. The van der Waals surface area contributed by atoms with E-state index in [2.05, 4.69) is 19.5 Å². The largest absolute Gasteiger partial charge is 0.468 e. The Labute approximate surface area is 139 Å². The van der Waals surface area contributed by atoms with Crippen molar-refractivity contribution in [2.24, 2.45) is 11.8 Å². The summed E-state index contributed by atoms with van der Waals surface area (Å²) in [6.45, 7) is 1.92. The monoisotopic (exact) mass is 345 g/mol. The van der Waals surface area contributed by atoms with Crippen molar-refractivity contribution in [2.75, 3.05) is 27.9 Å². The summed E-state index contributed by atoms with van der Waals surface area (Å²) in [5.41, 5.74) is 0. The van der Waals surface area contributed by atoms with Gasteiger partial charge in [-0.1, -0.05) is 6.92 Å². The number of carbonyl (C=O) groups is 4. The van der Waals surface area contributed by atoms with Gasteiger partial charge in [0, 0.05) is 12.5 Å². The molecular formula is C15H23NO8. The Morgan fingerprint density at radius 3 is 1.96 bits per heavy atom. The molecule has 136 valence electrons. The zero-order valence-electron chi connectivity index (χ0n) is 14.2. The van der Waals surface area contributed by atoms with Gasteiger partial charge in [-0.25, -0.2) is 4.79 Å². The highest BCUT2D eigenvalue weighted by molar-refractivity contribution is 5.96. The Bertz CT molecular complexity index is 470. The summed E-state index contributed by atoms with van der Waals surface area (Å²) < 4.78 is 19.1. The standard InChI is InChI=1S/C15H23NO8/c1-8(10(13(18)21-2)14(19)22-3)11(15(20)23-4)16-12(17)9-6-5-7-24-9/h8-11H,5-7H2,1-4H3,(H,16,17)/t8-,9+,11+/m0/s1. The Balaban J connectivity index is 2.98. The molecule has 9 nitrogen and oxygen atoms in total. The van der Waals surface area contributed by atoms with Crippen molar-refractivity contribution in [1.82, 2.24) is 5.32 Å². The average molecular weight is 345 g/mol. The molecule has 1 aliphatic rings. The normalized spacial score (nSPS) is 19.3. The highest BCUT2D eigenvalue weighted by Crippen LogP contribution is 2.21. The van der Waals surface area contributed by atoms with Crippen molar-refractivity contribution in [1.29, 1.82) is 0 Å². The van der Waals surface area contributed by atoms with Crippen molar-refractivity contribution >= 4 is 23.8 Å². The van der Waals surface area contributed by atoms with E-state index >= 15 is 0 Å². The molecular weight excluding hydrogens is 322 g/mol. The number of rotatable bonds is 7. The van der Waals surface area contributed by atoms with E-state index in [1.807, 2.05) is 0 Å². The molecule has 0 aliphatic carbocycles. The second-order valence-corrected chi connectivity index (χ2v) is 5.39. The number of methoxy groups -OCH3 is 3. The third-order valence-corrected chi connectivity index (χ3v) is 3.94. The lowest BCUT2D eigenvalue weighted by molar-refractivity contribution is -0.163. The molecule has 24 heavy (non-hydrogen) atoms. The van der Waals surface area contributed by atoms with E-state index in [0.29, 0.717) is 13.0 Å². The predicted octanol–water partition coefficient (Wildman–Crippen LogP) is -0.578. The van der Waals surface area contributed by atoms with Crippen LogP contribution < -0.4 is 5.32 Å². The number of carbonyl (C=O) groups excluding carboxylic acids is 4. The number of amides is 1. The Kier molecular flexibility index (Phi) is 7.63. The molecule has 0 saturated carbocycles. The Morgan fingerprint density at radius 1 is 1.00 bits per heavy atom. The molecule has 1 fully saturated rings. The summed E-state index contributed by atoms with van der Waals surface area (Å²) in [5.74, 6) is -5.34. The Morgan fingerprint density at radius 2 is 1.54 bits per heavy atom. The van der Waals surface area contributed by atoms with Crippen molar-refractivity contribution in [3.63, 3.8) is 0 Å². The smallest absolute Gasteiger partial charge is 0.328 e. The number of esters is 3. The van der Waals surface area contributed by atoms with Gasteiger partial charge in [0.15, 0.2) is 5.92 Å². The Hall–Kier alpha value is -2.16. The third kappa shape index (κ3) is 4.67. The number of hydrogen-bond acceptors (Lipinski definition) is 8. The zero-order valence-corrected chi connectivity index (χ0v) is 14.2. The van der Waals surface area contributed by atoms with Gasteiger partial charge in [-0.05, 0) is 12.8 Å². The lowest BCUT2D eigenvalue weighted by Crippen LogP contribution is -2.53. The summed E-state index contributed by atoms with van der Waals surface area (Å²) >= 11 is 0. The van der Waals surface area contributed by atoms with Crippen LogP contribution in [0.3, 0.4) is 0 Å². The van der Waals surface area contributed by atoms with Crippen molar-refractivity contribution < 1.29 is 38.1 Å².